The maximum absolute atomic E-state index is 5.77. The number of aromatic nitrogens is 4. The van der Waals surface area contributed by atoms with Crippen LogP contribution in [0.1, 0.15) is 11.1 Å². The fourth-order valence-corrected chi connectivity index (χ4v) is 2.68. The molecule has 7 heteroatoms. The SMILES string of the molecule is Cc1ccc(OCCSc2nc3ncnc(N)c3[nH]2)cc1C. The van der Waals surface area contributed by atoms with Gasteiger partial charge in [0.2, 0.25) is 0 Å². The topological polar surface area (TPSA) is 89.7 Å². The first kappa shape index (κ1) is 14.6. The van der Waals surface area contributed by atoms with Gasteiger partial charge in [0, 0.05) is 5.75 Å². The third-order valence-electron chi connectivity index (χ3n) is 3.37. The Kier molecular flexibility index (Phi) is 4.15. The summed E-state index contributed by atoms with van der Waals surface area (Å²) in [5, 5.41) is 0.769. The summed E-state index contributed by atoms with van der Waals surface area (Å²) in [6, 6.07) is 6.11. The molecule has 0 unspecified atom stereocenters. The number of nitrogens with two attached hydrogens (primary N) is 1. The molecule has 0 radical (unpaired) electrons. The lowest BCUT2D eigenvalue weighted by molar-refractivity contribution is 0.343. The Hall–Kier alpha value is -2.28. The van der Waals surface area contributed by atoms with Crippen LogP contribution in [0, 0.1) is 13.8 Å². The third kappa shape index (κ3) is 3.14. The summed E-state index contributed by atoms with van der Waals surface area (Å²) in [4.78, 5) is 15.5. The van der Waals surface area contributed by atoms with Gasteiger partial charge in [0.15, 0.2) is 16.6 Å². The van der Waals surface area contributed by atoms with Crippen molar-refractivity contribution in [1.82, 2.24) is 19.9 Å². The van der Waals surface area contributed by atoms with E-state index in [1.807, 2.05) is 6.07 Å². The van der Waals surface area contributed by atoms with Gasteiger partial charge in [0.05, 0.1) is 6.61 Å². The highest BCUT2D eigenvalue weighted by Gasteiger charge is 2.07. The number of hydrogen-bond donors (Lipinski definition) is 2. The number of benzene rings is 1. The molecule has 0 aliphatic carbocycles. The highest BCUT2D eigenvalue weighted by molar-refractivity contribution is 7.99. The molecule has 0 saturated heterocycles. The Balaban J connectivity index is 1.56. The standard InChI is InChI=1S/C15H17N5OS/c1-9-3-4-11(7-10(9)2)21-5-6-22-15-19-12-13(16)17-8-18-14(12)20-15/h3-4,7-8H,5-6H2,1-2H3,(H3,16,17,18,19,20). The predicted molar refractivity (Wildman–Crippen MR) is 88.2 cm³/mol. The molecular weight excluding hydrogens is 298 g/mol. The van der Waals surface area contributed by atoms with E-state index in [-0.39, 0.29) is 0 Å². The number of ether oxygens (including phenoxy) is 1. The van der Waals surface area contributed by atoms with Crippen molar-refractivity contribution >= 4 is 28.7 Å². The molecule has 2 heterocycles. The van der Waals surface area contributed by atoms with E-state index in [0.29, 0.717) is 23.6 Å². The molecule has 0 spiro atoms. The Morgan fingerprint density at radius 1 is 1.23 bits per heavy atom. The minimum Gasteiger partial charge on any atom is -0.493 e. The first-order valence-electron chi connectivity index (χ1n) is 6.92. The van der Waals surface area contributed by atoms with Crippen LogP contribution >= 0.6 is 11.8 Å². The van der Waals surface area contributed by atoms with E-state index >= 15 is 0 Å². The van der Waals surface area contributed by atoms with Gasteiger partial charge in [-0.15, -0.1) is 0 Å². The maximum Gasteiger partial charge on any atom is 0.183 e. The molecule has 3 rings (SSSR count). The van der Waals surface area contributed by atoms with Crippen molar-refractivity contribution in [2.45, 2.75) is 19.0 Å². The van der Waals surface area contributed by atoms with Crippen LogP contribution in [0.5, 0.6) is 5.75 Å². The van der Waals surface area contributed by atoms with Crippen LogP contribution in [0.4, 0.5) is 5.82 Å². The van der Waals surface area contributed by atoms with E-state index in [1.165, 1.54) is 17.5 Å². The lowest BCUT2D eigenvalue weighted by Gasteiger charge is -2.07. The second kappa shape index (κ2) is 6.23. The Morgan fingerprint density at radius 3 is 2.86 bits per heavy atom. The van der Waals surface area contributed by atoms with Crippen LogP contribution < -0.4 is 10.5 Å². The van der Waals surface area contributed by atoms with Gasteiger partial charge >= 0.3 is 0 Å². The average Bonchev–Trinajstić information content (AvgIpc) is 2.92. The number of nitrogen functional groups attached to an aromatic ring is 1. The summed E-state index contributed by atoms with van der Waals surface area (Å²) >= 11 is 1.57. The molecule has 0 amide bonds. The van der Waals surface area contributed by atoms with Crippen molar-refractivity contribution in [2.24, 2.45) is 0 Å². The van der Waals surface area contributed by atoms with Crippen LogP contribution in [-0.2, 0) is 0 Å². The number of thioether (sulfide) groups is 1. The molecule has 0 aliphatic rings. The Bertz CT molecular complexity index is 802. The molecule has 0 saturated carbocycles. The maximum atomic E-state index is 5.77. The molecule has 2 aromatic heterocycles. The highest BCUT2D eigenvalue weighted by Crippen LogP contribution is 2.21. The molecule has 3 aromatic rings. The molecule has 0 atom stereocenters. The number of fused-ring (bicyclic) bond motifs is 1. The van der Waals surface area contributed by atoms with E-state index in [2.05, 4.69) is 45.9 Å². The van der Waals surface area contributed by atoms with Gasteiger partial charge in [-0.05, 0) is 37.1 Å². The molecule has 0 aliphatic heterocycles. The zero-order chi connectivity index (χ0) is 15.5. The zero-order valence-corrected chi connectivity index (χ0v) is 13.3. The van der Waals surface area contributed by atoms with Gasteiger partial charge in [-0.3, -0.25) is 0 Å². The number of nitrogens with one attached hydrogen (secondary N) is 1. The first-order valence-corrected chi connectivity index (χ1v) is 7.91. The smallest absolute Gasteiger partial charge is 0.183 e. The molecular formula is C15H17N5OS. The van der Waals surface area contributed by atoms with Crippen LogP contribution in [0.3, 0.4) is 0 Å². The number of anilines is 1. The van der Waals surface area contributed by atoms with Crippen molar-refractivity contribution in [2.75, 3.05) is 18.1 Å². The van der Waals surface area contributed by atoms with Gasteiger partial charge in [-0.25, -0.2) is 15.0 Å². The second-order valence-corrected chi connectivity index (χ2v) is 6.03. The van der Waals surface area contributed by atoms with Crippen molar-refractivity contribution in [3.63, 3.8) is 0 Å². The highest BCUT2D eigenvalue weighted by atomic mass is 32.2. The lowest BCUT2D eigenvalue weighted by atomic mass is 10.1. The molecule has 3 N–H and O–H groups in total. The lowest BCUT2D eigenvalue weighted by Crippen LogP contribution is -2.00. The monoisotopic (exact) mass is 315 g/mol. The molecule has 0 bridgehead atoms. The molecule has 22 heavy (non-hydrogen) atoms. The third-order valence-corrected chi connectivity index (χ3v) is 4.20. The number of aromatic amines is 1. The normalized spacial score (nSPS) is 11.0. The minimum absolute atomic E-state index is 0.413. The Labute approximate surface area is 132 Å². The van der Waals surface area contributed by atoms with Gasteiger partial charge in [0.25, 0.3) is 0 Å². The molecule has 6 nitrogen and oxygen atoms in total. The van der Waals surface area contributed by atoms with Crippen molar-refractivity contribution in [1.29, 1.82) is 0 Å². The number of nitrogens with zero attached hydrogens (tertiary/aromatic N) is 3. The summed E-state index contributed by atoms with van der Waals surface area (Å²) in [5.74, 6) is 2.08. The van der Waals surface area contributed by atoms with E-state index in [4.69, 9.17) is 10.5 Å². The number of aryl methyl sites for hydroxylation is 2. The summed E-state index contributed by atoms with van der Waals surface area (Å²) in [6.07, 6.45) is 1.41. The van der Waals surface area contributed by atoms with Crippen LogP contribution in [-0.4, -0.2) is 32.3 Å². The largest absolute Gasteiger partial charge is 0.493 e. The second-order valence-electron chi connectivity index (χ2n) is 4.94. The van der Waals surface area contributed by atoms with Gasteiger partial charge in [-0.2, -0.15) is 0 Å². The fourth-order valence-electron chi connectivity index (χ4n) is 2.00. The number of H-pyrrole nitrogens is 1. The van der Waals surface area contributed by atoms with E-state index < -0.39 is 0 Å². The van der Waals surface area contributed by atoms with Crippen LogP contribution in [0.2, 0.25) is 0 Å². The summed E-state index contributed by atoms with van der Waals surface area (Å²) in [6.45, 7) is 4.77. The van der Waals surface area contributed by atoms with E-state index in [9.17, 15) is 0 Å². The van der Waals surface area contributed by atoms with Gasteiger partial charge < -0.3 is 15.5 Å². The summed E-state index contributed by atoms with van der Waals surface area (Å²) in [5.41, 5.74) is 9.54. The quantitative estimate of drug-likeness (QED) is 0.556. The van der Waals surface area contributed by atoms with E-state index in [0.717, 1.165) is 16.7 Å². The summed E-state index contributed by atoms with van der Waals surface area (Å²) in [7, 11) is 0. The number of hydrogen-bond acceptors (Lipinski definition) is 6. The van der Waals surface area contributed by atoms with E-state index in [1.54, 1.807) is 11.8 Å². The average molecular weight is 315 g/mol. The number of imidazole rings is 1. The zero-order valence-electron chi connectivity index (χ0n) is 12.5. The van der Waals surface area contributed by atoms with Gasteiger partial charge in [-0.1, -0.05) is 17.8 Å². The Morgan fingerprint density at radius 2 is 2.09 bits per heavy atom. The van der Waals surface area contributed by atoms with Crippen molar-refractivity contribution in [3.8, 4) is 5.75 Å². The number of rotatable bonds is 5. The molecule has 114 valence electrons. The van der Waals surface area contributed by atoms with Crippen molar-refractivity contribution in [3.05, 3.63) is 35.7 Å². The predicted octanol–water partition coefficient (Wildman–Crippen LogP) is 2.72. The molecule has 0 fully saturated rings. The van der Waals surface area contributed by atoms with Crippen LogP contribution in [0.25, 0.3) is 11.2 Å². The summed E-state index contributed by atoms with van der Waals surface area (Å²) < 4.78 is 5.75. The fraction of sp³-hybridized carbons (Fsp3) is 0.267. The van der Waals surface area contributed by atoms with Crippen molar-refractivity contribution < 1.29 is 4.74 Å². The van der Waals surface area contributed by atoms with Gasteiger partial charge in [0.1, 0.15) is 17.6 Å². The van der Waals surface area contributed by atoms with Crippen LogP contribution in [0.15, 0.2) is 29.7 Å². The first-order chi connectivity index (χ1) is 10.6. The molecule has 1 aromatic carbocycles. The minimum atomic E-state index is 0.413.